The number of benzene rings is 1. The zero-order chi connectivity index (χ0) is 13.4. The van der Waals surface area contributed by atoms with Crippen molar-refractivity contribution in [3.8, 4) is 5.69 Å². The molecule has 0 aliphatic heterocycles. The first-order chi connectivity index (χ1) is 8.43. The van der Waals surface area contributed by atoms with Crippen molar-refractivity contribution in [2.75, 3.05) is 5.73 Å². The number of nitrogen functional groups attached to an aromatic ring is 1. The van der Waals surface area contributed by atoms with Crippen LogP contribution in [0.25, 0.3) is 5.69 Å². The van der Waals surface area contributed by atoms with Gasteiger partial charge in [-0.2, -0.15) is 0 Å². The summed E-state index contributed by atoms with van der Waals surface area (Å²) >= 11 is 0. The van der Waals surface area contributed by atoms with Gasteiger partial charge < -0.3 is 5.73 Å². The van der Waals surface area contributed by atoms with Crippen LogP contribution in [0, 0.1) is 13.8 Å². The Balaban J connectivity index is 2.74. The van der Waals surface area contributed by atoms with Crippen molar-refractivity contribution < 1.29 is 0 Å². The van der Waals surface area contributed by atoms with Crippen LogP contribution in [-0.4, -0.2) is 9.36 Å². The maximum absolute atomic E-state index is 12.2. The van der Waals surface area contributed by atoms with E-state index in [0.29, 0.717) is 5.69 Å². The Labute approximate surface area is 107 Å². The molecule has 0 atom stereocenters. The third-order valence-corrected chi connectivity index (χ3v) is 3.14. The number of anilines is 1. The average molecular weight is 245 g/mol. The van der Waals surface area contributed by atoms with Gasteiger partial charge in [0.25, 0.3) is 5.56 Å². The minimum absolute atomic E-state index is 0.148. The molecule has 96 valence electrons. The topological polar surface area (TPSA) is 52.9 Å². The van der Waals surface area contributed by atoms with Gasteiger partial charge in [-0.15, -0.1) is 0 Å². The largest absolute Gasteiger partial charge is 0.393 e. The molecule has 0 amide bonds. The number of nitrogens with two attached hydrogens (primary N) is 1. The van der Waals surface area contributed by atoms with E-state index in [4.69, 9.17) is 5.73 Å². The van der Waals surface area contributed by atoms with Gasteiger partial charge in [0.05, 0.1) is 11.4 Å². The van der Waals surface area contributed by atoms with Crippen LogP contribution in [0.3, 0.4) is 0 Å². The second-order valence-corrected chi connectivity index (χ2v) is 4.89. The number of aromatic nitrogens is 2. The summed E-state index contributed by atoms with van der Waals surface area (Å²) in [5.74, 6) is 0. The Hall–Kier alpha value is -1.97. The van der Waals surface area contributed by atoms with Crippen molar-refractivity contribution in [2.45, 2.75) is 33.7 Å². The SMILES string of the molecule is Cc1ccc(-n2c(=O)c(N)c(C)n2C(C)C)cc1. The summed E-state index contributed by atoms with van der Waals surface area (Å²) in [5, 5.41) is 0. The fourth-order valence-corrected chi connectivity index (χ4v) is 2.19. The highest BCUT2D eigenvalue weighted by Gasteiger charge is 2.17. The summed E-state index contributed by atoms with van der Waals surface area (Å²) in [7, 11) is 0. The smallest absolute Gasteiger partial charge is 0.294 e. The van der Waals surface area contributed by atoms with Crippen LogP contribution in [0.1, 0.15) is 31.1 Å². The van der Waals surface area contributed by atoms with E-state index in [1.807, 2.05) is 56.6 Å². The van der Waals surface area contributed by atoms with Gasteiger partial charge in [-0.05, 0) is 39.8 Å². The summed E-state index contributed by atoms with van der Waals surface area (Å²) in [4.78, 5) is 12.2. The average Bonchev–Trinajstić information content (AvgIpc) is 2.55. The summed E-state index contributed by atoms with van der Waals surface area (Å²) in [6, 6.07) is 8.04. The van der Waals surface area contributed by atoms with Gasteiger partial charge in [0, 0.05) is 6.04 Å². The Kier molecular flexibility index (Phi) is 3.03. The molecule has 4 heteroatoms. The molecule has 4 nitrogen and oxygen atoms in total. The van der Waals surface area contributed by atoms with Crippen molar-refractivity contribution in [1.29, 1.82) is 0 Å². The molecule has 2 rings (SSSR count). The number of hydrogen-bond acceptors (Lipinski definition) is 2. The molecule has 0 fully saturated rings. The summed E-state index contributed by atoms with van der Waals surface area (Å²) in [6.07, 6.45) is 0. The van der Waals surface area contributed by atoms with Gasteiger partial charge in [-0.3, -0.25) is 9.48 Å². The third-order valence-electron chi connectivity index (χ3n) is 3.14. The van der Waals surface area contributed by atoms with E-state index in [9.17, 15) is 4.79 Å². The minimum Gasteiger partial charge on any atom is -0.393 e. The highest BCUT2D eigenvalue weighted by atomic mass is 16.1. The van der Waals surface area contributed by atoms with Crippen LogP contribution < -0.4 is 11.3 Å². The summed E-state index contributed by atoms with van der Waals surface area (Å²) in [6.45, 7) is 7.97. The molecule has 0 unspecified atom stereocenters. The quantitative estimate of drug-likeness (QED) is 0.883. The molecule has 2 aromatic rings. The second kappa shape index (κ2) is 4.37. The van der Waals surface area contributed by atoms with E-state index < -0.39 is 0 Å². The van der Waals surface area contributed by atoms with E-state index >= 15 is 0 Å². The predicted molar refractivity (Wildman–Crippen MR) is 74.3 cm³/mol. The normalized spacial score (nSPS) is 11.2. The van der Waals surface area contributed by atoms with Gasteiger partial charge in [-0.25, -0.2) is 4.68 Å². The zero-order valence-corrected chi connectivity index (χ0v) is 11.3. The standard InChI is InChI=1S/C14H19N3O/c1-9(2)16-11(4)13(15)14(18)17(16)12-7-5-10(3)6-8-12/h5-9H,15H2,1-4H3. The third kappa shape index (κ3) is 1.83. The van der Waals surface area contributed by atoms with Crippen molar-refractivity contribution in [2.24, 2.45) is 0 Å². The van der Waals surface area contributed by atoms with Crippen molar-refractivity contribution in [3.63, 3.8) is 0 Å². The molecular formula is C14H19N3O. The van der Waals surface area contributed by atoms with Gasteiger partial charge in [0.1, 0.15) is 5.69 Å². The maximum Gasteiger partial charge on any atom is 0.294 e. The molecule has 18 heavy (non-hydrogen) atoms. The zero-order valence-electron chi connectivity index (χ0n) is 11.3. The molecular weight excluding hydrogens is 226 g/mol. The molecule has 2 N–H and O–H groups in total. The summed E-state index contributed by atoms with van der Waals surface area (Å²) in [5.41, 5.74) is 8.86. The van der Waals surface area contributed by atoms with Crippen LogP contribution >= 0.6 is 0 Å². The number of hydrogen-bond donors (Lipinski definition) is 1. The molecule has 0 aliphatic carbocycles. The van der Waals surface area contributed by atoms with E-state index in [1.165, 1.54) is 5.56 Å². The molecule has 0 spiro atoms. The first-order valence-electron chi connectivity index (χ1n) is 6.10. The van der Waals surface area contributed by atoms with E-state index in [1.54, 1.807) is 4.68 Å². The molecule has 1 aromatic heterocycles. The lowest BCUT2D eigenvalue weighted by Gasteiger charge is -2.17. The van der Waals surface area contributed by atoms with Crippen LogP contribution in [0.2, 0.25) is 0 Å². The van der Waals surface area contributed by atoms with Crippen LogP contribution in [0.15, 0.2) is 29.1 Å². The van der Waals surface area contributed by atoms with E-state index in [-0.39, 0.29) is 11.6 Å². The fourth-order valence-electron chi connectivity index (χ4n) is 2.19. The lowest BCUT2D eigenvalue weighted by atomic mass is 10.2. The van der Waals surface area contributed by atoms with Gasteiger partial charge in [0.2, 0.25) is 0 Å². The minimum atomic E-state index is -0.148. The Bertz CT molecular complexity index is 618. The number of rotatable bonds is 2. The fraction of sp³-hybridized carbons (Fsp3) is 0.357. The van der Waals surface area contributed by atoms with Gasteiger partial charge in [0.15, 0.2) is 0 Å². The van der Waals surface area contributed by atoms with E-state index in [0.717, 1.165) is 11.4 Å². The summed E-state index contributed by atoms with van der Waals surface area (Å²) < 4.78 is 3.58. The maximum atomic E-state index is 12.2. The molecule has 0 aliphatic rings. The molecule has 0 saturated carbocycles. The predicted octanol–water partition coefficient (Wildman–Crippen LogP) is 2.42. The first kappa shape index (κ1) is 12.5. The number of aryl methyl sites for hydroxylation is 1. The molecule has 1 aromatic carbocycles. The van der Waals surface area contributed by atoms with Crippen molar-refractivity contribution >= 4 is 5.69 Å². The van der Waals surface area contributed by atoms with E-state index in [2.05, 4.69) is 0 Å². The Morgan fingerprint density at radius 1 is 1.11 bits per heavy atom. The lowest BCUT2D eigenvalue weighted by molar-refractivity contribution is 0.467. The lowest BCUT2D eigenvalue weighted by Crippen LogP contribution is -2.23. The van der Waals surface area contributed by atoms with Crippen LogP contribution in [0.4, 0.5) is 5.69 Å². The van der Waals surface area contributed by atoms with Gasteiger partial charge >= 0.3 is 0 Å². The van der Waals surface area contributed by atoms with Gasteiger partial charge in [-0.1, -0.05) is 17.7 Å². The molecule has 0 radical (unpaired) electrons. The number of nitrogens with zero attached hydrogens (tertiary/aromatic N) is 2. The highest BCUT2D eigenvalue weighted by Crippen LogP contribution is 2.17. The highest BCUT2D eigenvalue weighted by molar-refractivity contribution is 5.45. The van der Waals surface area contributed by atoms with Crippen molar-refractivity contribution in [1.82, 2.24) is 9.36 Å². The second-order valence-electron chi connectivity index (χ2n) is 4.89. The molecule has 0 saturated heterocycles. The van der Waals surface area contributed by atoms with Crippen LogP contribution in [-0.2, 0) is 0 Å². The van der Waals surface area contributed by atoms with Crippen molar-refractivity contribution in [3.05, 3.63) is 45.9 Å². The van der Waals surface area contributed by atoms with Crippen LogP contribution in [0.5, 0.6) is 0 Å². The Morgan fingerprint density at radius 2 is 1.67 bits per heavy atom. The monoisotopic (exact) mass is 245 g/mol. The molecule has 0 bridgehead atoms. The molecule has 1 heterocycles. The first-order valence-corrected chi connectivity index (χ1v) is 6.10. The Morgan fingerprint density at radius 3 is 2.17 bits per heavy atom.